The van der Waals surface area contributed by atoms with Gasteiger partial charge in [0, 0.05) is 31.4 Å². The molecule has 0 bridgehead atoms. The second-order valence-corrected chi connectivity index (χ2v) is 6.33. The second kappa shape index (κ2) is 8.05. The van der Waals surface area contributed by atoms with Gasteiger partial charge in [-0.1, -0.05) is 23.4 Å². The van der Waals surface area contributed by atoms with Gasteiger partial charge in [0.15, 0.2) is 6.61 Å². The molecule has 1 aromatic carbocycles. The molecule has 0 aliphatic carbocycles. The van der Waals surface area contributed by atoms with Crippen LogP contribution in [0, 0.1) is 0 Å². The van der Waals surface area contributed by atoms with Crippen molar-refractivity contribution >= 4 is 11.7 Å². The van der Waals surface area contributed by atoms with Crippen LogP contribution in [0.5, 0.6) is 5.75 Å². The average Bonchev–Trinajstić information content (AvgIpc) is 3.23. The van der Waals surface area contributed by atoms with Crippen LogP contribution >= 0.6 is 0 Å². The van der Waals surface area contributed by atoms with Crippen LogP contribution in [0.2, 0.25) is 0 Å². The summed E-state index contributed by atoms with van der Waals surface area (Å²) >= 11 is 0. The van der Waals surface area contributed by atoms with E-state index in [1.807, 2.05) is 30.3 Å². The fraction of sp³-hybridized carbons (Fsp3) is 0.263. The molecule has 1 aliphatic rings. The van der Waals surface area contributed by atoms with E-state index in [1.165, 1.54) is 0 Å². The Kier molecular flexibility index (Phi) is 5.16. The minimum atomic E-state index is -0.360. The highest BCUT2D eigenvalue weighted by molar-refractivity contribution is 5.78. The number of anilines is 1. The van der Waals surface area contributed by atoms with Crippen molar-refractivity contribution in [3.8, 4) is 17.1 Å². The summed E-state index contributed by atoms with van der Waals surface area (Å²) in [5.41, 5.74) is 6.42. The predicted molar refractivity (Wildman–Crippen MR) is 101 cm³/mol. The van der Waals surface area contributed by atoms with E-state index in [1.54, 1.807) is 23.2 Å². The lowest BCUT2D eigenvalue weighted by Gasteiger charge is -2.33. The molecule has 1 fully saturated rings. The number of hydrogen-bond acceptors (Lipinski definition) is 8. The SMILES string of the molecule is Nc1cc(-c2noc(C3CNCCN3C(=O)COc3ccccc3)n2)ccn1. The van der Waals surface area contributed by atoms with Gasteiger partial charge in [-0.25, -0.2) is 4.98 Å². The second-order valence-electron chi connectivity index (χ2n) is 6.33. The maximum absolute atomic E-state index is 12.7. The molecule has 1 amide bonds. The lowest BCUT2D eigenvalue weighted by molar-refractivity contribution is -0.137. The van der Waals surface area contributed by atoms with Crippen LogP contribution in [0.15, 0.2) is 53.2 Å². The topological polar surface area (TPSA) is 119 Å². The molecule has 1 atom stereocenters. The molecule has 1 saturated heterocycles. The van der Waals surface area contributed by atoms with Gasteiger partial charge < -0.3 is 25.2 Å². The van der Waals surface area contributed by atoms with Crippen LogP contribution in [0.3, 0.4) is 0 Å². The Balaban J connectivity index is 1.48. The van der Waals surface area contributed by atoms with E-state index in [9.17, 15) is 4.79 Å². The number of ether oxygens (including phenoxy) is 1. The quantitative estimate of drug-likeness (QED) is 0.679. The van der Waals surface area contributed by atoms with E-state index in [2.05, 4.69) is 20.4 Å². The lowest BCUT2D eigenvalue weighted by atomic mass is 10.2. The zero-order valence-corrected chi connectivity index (χ0v) is 15.1. The monoisotopic (exact) mass is 380 g/mol. The minimum absolute atomic E-state index is 0.0532. The smallest absolute Gasteiger partial charge is 0.261 e. The molecule has 9 nitrogen and oxygen atoms in total. The van der Waals surface area contributed by atoms with Crippen LogP contribution in [0.25, 0.3) is 11.4 Å². The molecule has 4 rings (SSSR count). The zero-order valence-electron chi connectivity index (χ0n) is 15.1. The van der Waals surface area contributed by atoms with Crippen molar-refractivity contribution in [1.82, 2.24) is 25.3 Å². The summed E-state index contributed by atoms with van der Waals surface area (Å²) in [4.78, 5) is 22.9. The van der Waals surface area contributed by atoms with E-state index in [4.69, 9.17) is 15.0 Å². The van der Waals surface area contributed by atoms with E-state index in [-0.39, 0.29) is 18.6 Å². The first kappa shape index (κ1) is 17.9. The van der Waals surface area contributed by atoms with E-state index in [0.29, 0.717) is 48.5 Å². The molecule has 144 valence electrons. The van der Waals surface area contributed by atoms with Gasteiger partial charge in [0.1, 0.15) is 17.6 Å². The highest BCUT2D eigenvalue weighted by Gasteiger charge is 2.32. The fourth-order valence-electron chi connectivity index (χ4n) is 3.04. The van der Waals surface area contributed by atoms with Gasteiger partial charge in [-0.15, -0.1) is 0 Å². The maximum Gasteiger partial charge on any atom is 0.261 e. The number of para-hydroxylation sites is 1. The number of piperazine rings is 1. The molecule has 1 unspecified atom stereocenters. The molecule has 1 aliphatic heterocycles. The number of pyridine rings is 1. The number of carbonyl (C=O) groups excluding carboxylic acids is 1. The number of aromatic nitrogens is 3. The summed E-state index contributed by atoms with van der Waals surface area (Å²) in [6.07, 6.45) is 1.58. The fourth-order valence-corrected chi connectivity index (χ4v) is 3.04. The number of nitrogen functional groups attached to an aromatic ring is 1. The van der Waals surface area contributed by atoms with Crippen LogP contribution in [0.1, 0.15) is 11.9 Å². The van der Waals surface area contributed by atoms with Gasteiger partial charge in [0.2, 0.25) is 5.82 Å². The Labute approximate surface area is 161 Å². The summed E-state index contributed by atoms with van der Waals surface area (Å²) in [5.74, 6) is 1.66. The third-order valence-corrected chi connectivity index (χ3v) is 4.44. The number of hydrogen-bond donors (Lipinski definition) is 2. The van der Waals surface area contributed by atoms with Gasteiger partial charge in [-0.05, 0) is 24.3 Å². The normalized spacial score (nSPS) is 16.7. The molecule has 0 spiro atoms. The molecular weight excluding hydrogens is 360 g/mol. The number of benzene rings is 1. The van der Waals surface area contributed by atoms with Crippen molar-refractivity contribution in [2.24, 2.45) is 0 Å². The third-order valence-electron chi connectivity index (χ3n) is 4.44. The predicted octanol–water partition coefficient (Wildman–Crippen LogP) is 1.27. The van der Waals surface area contributed by atoms with Crippen molar-refractivity contribution in [3.63, 3.8) is 0 Å². The number of rotatable bonds is 5. The number of nitrogens with zero attached hydrogens (tertiary/aromatic N) is 4. The van der Waals surface area contributed by atoms with Crippen molar-refractivity contribution in [2.45, 2.75) is 6.04 Å². The molecule has 9 heteroatoms. The van der Waals surface area contributed by atoms with Gasteiger partial charge in [0.25, 0.3) is 11.8 Å². The van der Waals surface area contributed by atoms with Crippen LogP contribution in [-0.2, 0) is 4.79 Å². The molecule has 0 radical (unpaired) electrons. The molecular formula is C19H20N6O3. The number of carbonyl (C=O) groups is 1. The molecule has 3 N–H and O–H groups in total. The van der Waals surface area contributed by atoms with Crippen molar-refractivity contribution in [3.05, 3.63) is 54.6 Å². The van der Waals surface area contributed by atoms with E-state index in [0.717, 1.165) is 0 Å². The maximum atomic E-state index is 12.7. The first-order valence-corrected chi connectivity index (χ1v) is 8.94. The largest absolute Gasteiger partial charge is 0.484 e. The lowest BCUT2D eigenvalue weighted by Crippen LogP contribution is -2.50. The van der Waals surface area contributed by atoms with Crippen molar-refractivity contribution < 1.29 is 14.1 Å². The van der Waals surface area contributed by atoms with E-state index >= 15 is 0 Å². The Bertz CT molecular complexity index is 946. The Morgan fingerprint density at radius 1 is 1.32 bits per heavy atom. The Hall–Kier alpha value is -3.46. The van der Waals surface area contributed by atoms with Gasteiger partial charge >= 0.3 is 0 Å². The molecule has 3 aromatic rings. The number of nitrogens with two attached hydrogens (primary N) is 1. The number of amides is 1. The first-order valence-electron chi connectivity index (χ1n) is 8.94. The Morgan fingerprint density at radius 3 is 3.00 bits per heavy atom. The molecule has 3 heterocycles. The number of nitrogens with one attached hydrogen (secondary N) is 1. The van der Waals surface area contributed by atoms with E-state index < -0.39 is 0 Å². The summed E-state index contributed by atoms with van der Waals surface area (Å²) < 4.78 is 11.0. The summed E-state index contributed by atoms with van der Waals surface area (Å²) in [5, 5.41) is 7.28. The zero-order chi connectivity index (χ0) is 19.3. The summed E-state index contributed by atoms with van der Waals surface area (Å²) in [6, 6.07) is 12.3. The third kappa shape index (κ3) is 3.94. The van der Waals surface area contributed by atoms with Crippen molar-refractivity contribution in [2.75, 3.05) is 32.0 Å². The first-order chi connectivity index (χ1) is 13.7. The van der Waals surface area contributed by atoms with Crippen LogP contribution < -0.4 is 15.8 Å². The average molecular weight is 380 g/mol. The highest BCUT2D eigenvalue weighted by Crippen LogP contribution is 2.24. The minimum Gasteiger partial charge on any atom is -0.484 e. The molecule has 28 heavy (non-hydrogen) atoms. The van der Waals surface area contributed by atoms with Crippen LogP contribution in [0.4, 0.5) is 5.82 Å². The summed E-state index contributed by atoms with van der Waals surface area (Å²) in [7, 11) is 0. The molecule has 0 saturated carbocycles. The summed E-state index contributed by atoms with van der Waals surface area (Å²) in [6.45, 7) is 1.69. The Morgan fingerprint density at radius 2 is 2.18 bits per heavy atom. The molecule has 2 aromatic heterocycles. The van der Waals surface area contributed by atoms with Gasteiger partial charge in [-0.2, -0.15) is 4.98 Å². The standard InChI is InChI=1S/C19H20N6O3/c20-16-10-13(6-7-22-16)18-23-19(28-24-18)15-11-21-8-9-25(15)17(26)12-27-14-4-2-1-3-5-14/h1-7,10,15,21H,8-9,11-12H2,(H2,20,22). The van der Waals surface area contributed by atoms with Crippen LogP contribution in [-0.4, -0.2) is 52.2 Å². The van der Waals surface area contributed by atoms with Gasteiger partial charge in [0.05, 0.1) is 0 Å². The van der Waals surface area contributed by atoms with Gasteiger partial charge in [-0.3, -0.25) is 4.79 Å². The highest BCUT2D eigenvalue weighted by atomic mass is 16.5. The van der Waals surface area contributed by atoms with Crippen molar-refractivity contribution in [1.29, 1.82) is 0 Å².